The van der Waals surface area contributed by atoms with Gasteiger partial charge in [-0.1, -0.05) is 31.4 Å². The highest BCUT2D eigenvalue weighted by Gasteiger charge is 2.47. The molecule has 3 atom stereocenters. The molecule has 3 fully saturated rings. The van der Waals surface area contributed by atoms with Gasteiger partial charge in [0.25, 0.3) is 0 Å². The summed E-state index contributed by atoms with van der Waals surface area (Å²) in [5.74, 6) is 1.42. The highest BCUT2D eigenvalue weighted by molar-refractivity contribution is 5.96. The van der Waals surface area contributed by atoms with Crippen molar-refractivity contribution in [2.24, 2.45) is 17.8 Å². The predicted molar refractivity (Wildman–Crippen MR) is 152 cm³/mol. The minimum atomic E-state index is -4.38. The van der Waals surface area contributed by atoms with Crippen LogP contribution in [0.2, 0.25) is 0 Å². The molecule has 5 nitrogen and oxygen atoms in total. The minimum absolute atomic E-state index is 0.0584. The van der Waals surface area contributed by atoms with Crippen molar-refractivity contribution in [1.82, 2.24) is 9.97 Å². The Kier molecular flexibility index (Phi) is 7.51. The second-order valence-electron chi connectivity index (χ2n) is 12.1. The number of halogens is 3. The molecule has 1 aromatic carbocycles. The van der Waals surface area contributed by atoms with Gasteiger partial charge in [-0.15, -0.1) is 0 Å². The van der Waals surface area contributed by atoms with E-state index in [1.54, 1.807) is 13.3 Å². The first kappa shape index (κ1) is 27.7. The summed E-state index contributed by atoms with van der Waals surface area (Å²) in [6.07, 6.45) is 6.95. The molecular formula is C33H36F3N3O2. The van der Waals surface area contributed by atoms with Gasteiger partial charge in [0.2, 0.25) is 11.8 Å². The summed E-state index contributed by atoms with van der Waals surface area (Å²) in [5, 5.41) is 0. The third-order valence-corrected chi connectivity index (χ3v) is 9.75. The van der Waals surface area contributed by atoms with Gasteiger partial charge in [0.1, 0.15) is 0 Å². The molecule has 3 saturated carbocycles. The predicted octanol–water partition coefficient (Wildman–Crippen LogP) is 7.84. The maximum atomic E-state index is 13.8. The van der Waals surface area contributed by atoms with Gasteiger partial charge in [-0.2, -0.15) is 13.2 Å². The number of nitrogens with zero attached hydrogens (tertiary/aromatic N) is 3. The number of fused-ring (bicyclic) bond motifs is 2. The SMILES string of the molecule is COc1cc(-c2cccc(N(CC3CCC4(c5cc(C(F)(F)F)ccn5)CCCC3C4)C(=O)C3CCC3)c2)ccn1. The molecule has 0 N–H and O–H groups in total. The summed E-state index contributed by atoms with van der Waals surface area (Å²) >= 11 is 0. The number of amides is 1. The van der Waals surface area contributed by atoms with Gasteiger partial charge >= 0.3 is 6.18 Å². The Morgan fingerprint density at radius 2 is 1.78 bits per heavy atom. The van der Waals surface area contributed by atoms with E-state index in [0.29, 0.717) is 30.0 Å². The van der Waals surface area contributed by atoms with Crippen LogP contribution in [0.3, 0.4) is 0 Å². The van der Waals surface area contributed by atoms with Crippen molar-refractivity contribution >= 4 is 11.6 Å². The zero-order chi connectivity index (χ0) is 28.6. The van der Waals surface area contributed by atoms with E-state index in [-0.39, 0.29) is 17.2 Å². The first-order valence-corrected chi connectivity index (χ1v) is 14.7. The fraction of sp³-hybridized carbons (Fsp3) is 0.485. The van der Waals surface area contributed by atoms with Crippen LogP contribution in [0.1, 0.15) is 69.0 Å². The number of pyridine rings is 2. The van der Waals surface area contributed by atoms with Crippen molar-refractivity contribution in [2.45, 2.75) is 69.4 Å². The molecule has 0 radical (unpaired) electrons. The number of aromatic nitrogens is 2. The lowest BCUT2D eigenvalue weighted by atomic mass is 9.57. The molecule has 6 rings (SSSR count). The number of hydrogen-bond donors (Lipinski definition) is 0. The van der Waals surface area contributed by atoms with Gasteiger partial charge in [0.15, 0.2) is 0 Å². The van der Waals surface area contributed by atoms with E-state index in [1.165, 1.54) is 12.3 Å². The number of ether oxygens (including phenoxy) is 1. The van der Waals surface area contributed by atoms with Crippen molar-refractivity contribution in [2.75, 3.05) is 18.6 Å². The Hall–Kier alpha value is -3.42. The Bertz CT molecular complexity index is 1410. The van der Waals surface area contributed by atoms with E-state index in [0.717, 1.165) is 80.7 Å². The summed E-state index contributed by atoms with van der Waals surface area (Å²) in [6.45, 7) is 0.634. The fourth-order valence-electron chi connectivity index (χ4n) is 7.22. The number of benzene rings is 1. The van der Waals surface area contributed by atoms with Gasteiger partial charge < -0.3 is 9.64 Å². The Labute approximate surface area is 239 Å². The second-order valence-corrected chi connectivity index (χ2v) is 12.1. The van der Waals surface area contributed by atoms with Crippen LogP contribution in [-0.4, -0.2) is 29.5 Å². The normalized spacial score (nSPS) is 24.4. The highest BCUT2D eigenvalue weighted by Crippen LogP contribution is 2.53. The molecule has 0 saturated heterocycles. The quantitative estimate of drug-likeness (QED) is 0.294. The van der Waals surface area contributed by atoms with E-state index >= 15 is 0 Å². The van der Waals surface area contributed by atoms with Gasteiger partial charge in [-0.25, -0.2) is 4.98 Å². The lowest BCUT2D eigenvalue weighted by molar-refractivity contribution is -0.137. The van der Waals surface area contributed by atoms with Crippen molar-refractivity contribution in [3.63, 3.8) is 0 Å². The average Bonchev–Trinajstić information content (AvgIpc) is 2.96. The van der Waals surface area contributed by atoms with E-state index in [1.807, 2.05) is 35.2 Å². The van der Waals surface area contributed by atoms with Crippen molar-refractivity contribution in [3.05, 3.63) is 72.2 Å². The van der Waals surface area contributed by atoms with Gasteiger partial charge in [0, 0.05) is 47.7 Å². The standard InChI is InChI=1S/C33H36F3N3O2/c1-41-30-18-24(11-15-38-30)23-7-3-9-28(17-23)39(31(40)22-5-2-6-22)21-26-10-14-32(13-4-8-25(26)20-32)29-19-27(12-16-37-29)33(34,35)36/h3,7,9,11-12,15-19,22,25-26H,2,4-6,8,10,13-14,20-21H2,1H3. The molecule has 216 valence electrons. The van der Waals surface area contributed by atoms with Gasteiger partial charge in [-0.05, 0) is 91.8 Å². The van der Waals surface area contributed by atoms with Crippen LogP contribution in [0, 0.1) is 17.8 Å². The number of anilines is 1. The number of carbonyl (C=O) groups excluding carboxylic acids is 1. The molecule has 0 spiro atoms. The zero-order valence-electron chi connectivity index (χ0n) is 23.4. The molecule has 3 unspecified atom stereocenters. The Morgan fingerprint density at radius 3 is 2.54 bits per heavy atom. The third kappa shape index (κ3) is 5.57. The highest BCUT2D eigenvalue weighted by atomic mass is 19.4. The van der Waals surface area contributed by atoms with E-state index < -0.39 is 11.7 Å². The average molecular weight is 564 g/mol. The van der Waals surface area contributed by atoms with Crippen LogP contribution < -0.4 is 9.64 Å². The van der Waals surface area contributed by atoms with E-state index in [4.69, 9.17) is 4.74 Å². The molecule has 3 aliphatic rings. The number of alkyl halides is 3. The molecule has 2 heterocycles. The number of carbonyl (C=O) groups is 1. The Morgan fingerprint density at radius 1 is 0.976 bits per heavy atom. The topological polar surface area (TPSA) is 55.3 Å². The summed E-state index contributed by atoms with van der Waals surface area (Å²) in [4.78, 5) is 24.5. The van der Waals surface area contributed by atoms with Crippen molar-refractivity contribution in [3.8, 4) is 17.0 Å². The number of rotatable bonds is 7. The molecule has 2 bridgehead atoms. The smallest absolute Gasteiger partial charge is 0.416 e. The van der Waals surface area contributed by atoms with Crippen molar-refractivity contribution in [1.29, 1.82) is 0 Å². The molecule has 8 heteroatoms. The zero-order valence-corrected chi connectivity index (χ0v) is 23.4. The van der Waals surface area contributed by atoms with Gasteiger partial charge in [-0.3, -0.25) is 9.78 Å². The maximum Gasteiger partial charge on any atom is 0.416 e. The number of hydrogen-bond acceptors (Lipinski definition) is 4. The molecular weight excluding hydrogens is 527 g/mol. The largest absolute Gasteiger partial charge is 0.481 e. The monoisotopic (exact) mass is 563 g/mol. The van der Waals surface area contributed by atoms with Crippen LogP contribution in [0.25, 0.3) is 11.1 Å². The van der Waals surface area contributed by atoms with Crippen LogP contribution in [-0.2, 0) is 16.4 Å². The first-order valence-electron chi connectivity index (χ1n) is 14.7. The van der Waals surface area contributed by atoms with Crippen LogP contribution in [0.4, 0.5) is 18.9 Å². The third-order valence-electron chi connectivity index (χ3n) is 9.75. The maximum absolute atomic E-state index is 13.8. The fourth-order valence-corrected chi connectivity index (χ4v) is 7.22. The summed E-state index contributed by atoms with van der Waals surface area (Å²) in [5.41, 5.74) is 2.50. The summed E-state index contributed by atoms with van der Waals surface area (Å²) in [6, 6.07) is 14.3. The summed E-state index contributed by atoms with van der Waals surface area (Å²) < 4.78 is 45.8. The van der Waals surface area contributed by atoms with Crippen LogP contribution >= 0.6 is 0 Å². The molecule has 41 heavy (non-hydrogen) atoms. The molecule has 3 aromatic rings. The molecule has 2 aromatic heterocycles. The van der Waals surface area contributed by atoms with E-state index in [9.17, 15) is 18.0 Å². The van der Waals surface area contributed by atoms with Gasteiger partial charge in [0.05, 0.1) is 12.7 Å². The van der Waals surface area contributed by atoms with E-state index in [2.05, 4.69) is 16.0 Å². The molecule has 1 amide bonds. The van der Waals surface area contributed by atoms with Crippen molar-refractivity contribution < 1.29 is 22.7 Å². The number of methoxy groups -OCH3 is 1. The molecule has 0 aliphatic heterocycles. The minimum Gasteiger partial charge on any atom is -0.481 e. The second kappa shape index (κ2) is 11.1. The van der Waals surface area contributed by atoms with Crippen LogP contribution in [0.15, 0.2) is 60.9 Å². The first-order chi connectivity index (χ1) is 19.8. The Balaban J connectivity index is 1.26. The molecule has 3 aliphatic carbocycles. The lowest BCUT2D eigenvalue weighted by Crippen LogP contribution is -2.47. The van der Waals surface area contributed by atoms with Crippen LogP contribution in [0.5, 0.6) is 5.88 Å². The lowest BCUT2D eigenvalue weighted by Gasteiger charge is -2.49. The summed E-state index contributed by atoms with van der Waals surface area (Å²) in [7, 11) is 1.59.